The van der Waals surface area contributed by atoms with Crippen LogP contribution in [0.2, 0.25) is 0 Å². The van der Waals surface area contributed by atoms with Crippen LogP contribution in [0.4, 0.5) is 0 Å². The third-order valence-corrected chi connectivity index (χ3v) is 12.4. The predicted octanol–water partition coefficient (Wildman–Crippen LogP) is 6.32. The van der Waals surface area contributed by atoms with E-state index in [-0.39, 0.29) is 12.5 Å². The topological polar surface area (TPSA) is 228 Å². The molecule has 0 radical (unpaired) electrons. The molecule has 12 atom stereocenters. The molecule has 12 unspecified atom stereocenters. The fourth-order valence-electron chi connectivity index (χ4n) is 8.18. The van der Waals surface area contributed by atoms with Gasteiger partial charge in [-0.3, -0.25) is 4.79 Å². The lowest BCUT2D eigenvalue weighted by Gasteiger charge is -2.46. The van der Waals surface area contributed by atoms with E-state index in [1.165, 1.54) is 96.3 Å². The Morgan fingerprint density at radius 1 is 0.562 bits per heavy atom. The third kappa shape index (κ3) is 24.3. The van der Waals surface area contributed by atoms with Crippen molar-refractivity contribution in [3.63, 3.8) is 0 Å². The van der Waals surface area contributed by atoms with Crippen molar-refractivity contribution in [3.8, 4) is 0 Å². The Labute approximate surface area is 385 Å². The van der Waals surface area contributed by atoms with Crippen LogP contribution in [0.25, 0.3) is 0 Å². The summed E-state index contributed by atoms with van der Waals surface area (Å²) in [5.41, 5.74) is 0. The van der Waals surface area contributed by atoms with E-state index in [1.54, 1.807) is 0 Å². The van der Waals surface area contributed by atoms with Crippen LogP contribution in [0.3, 0.4) is 0 Å². The first-order chi connectivity index (χ1) is 31.1. The van der Waals surface area contributed by atoms with Crippen LogP contribution >= 0.6 is 0 Å². The molecule has 14 heteroatoms. The van der Waals surface area contributed by atoms with Crippen molar-refractivity contribution in [3.05, 3.63) is 36.5 Å². The number of allylic oxidation sites excluding steroid dienone is 6. The van der Waals surface area contributed by atoms with Gasteiger partial charge < -0.3 is 65.1 Å². The van der Waals surface area contributed by atoms with Crippen LogP contribution in [0.5, 0.6) is 0 Å². The van der Waals surface area contributed by atoms with Crippen LogP contribution in [0.15, 0.2) is 36.5 Å². The molecule has 0 saturated carbocycles. The number of ether oxygens (including phenoxy) is 4. The fourth-order valence-corrected chi connectivity index (χ4v) is 8.18. The molecule has 0 bridgehead atoms. The second-order valence-electron chi connectivity index (χ2n) is 17.9. The maximum Gasteiger partial charge on any atom is 0.220 e. The Balaban J connectivity index is 1.59. The van der Waals surface area contributed by atoms with Gasteiger partial charge in [-0.25, -0.2) is 0 Å². The molecule has 2 aliphatic heterocycles. The van der Waals surface area contributed by atoms with Gasteiger partial charge in [-0.05, 0) is 51.4 Å². The second-order valence-corrected chi connectivity index (χ2v) is 17.9. The summed E-state index contributed by atoms with van der Waals surface area (Å²) in [5.74, 6) is -0.222. The SMILES string of the molecule is CCCCCCC/C=C\C/C=C\C/C=C\CCCCCCCCCCCCCCC(=O)NC(COC1OC(CO)C(OC2OC(CO)C(O)C(O)C2O)C(O)C1O)C(O)CCCCC. The van der Waals surface area contributed by atoms with Crippen molar-refractivity contribution in [1.29, 1.82) is 0 Å². The number of aliphatic hydroxyl groups is 8. The number of carbonyl (C=O) groups excluding carboxylic acids is 1. The van der Waals surface area contributed by atoms with Gasteiger partial charge in [-0.2, -0.15) is 0 Å². The molecular formula is C50H91NO13. The van der Waals surface area contributed by atoms with E-state index in [0.29, 0.717) is 12.8 Å². The van der Waals surface area contributed by atoms with Crippen molar-refractivity contribution in [2.75, 3.05) is 19.8 Å². The van der Waals surface area contributed by atoms with E-state index in [2.05, 4.69) is 48.7 Å². The van der Waals surface area contributed by atoms with E-state index in [0.717, 1.165) is 57.8 Å². The molecule has 0 aliphatic carbocycles. The van der Waals surface area contributed by atoms with Crippen molar-refractivity contribution in [2.24, 2.45) is 0 Å². The molecule has 2 rings (SSSR count). The van der Waals surface area contributed by atoms with Gasteiger partial charge in [0.05, 0.1) is 32.0 Å². The lowest BCUT2D eigenvalue weighted by molar-refractivity contribution is -0.359. The monoisotopic (exact) mass is 914 g/mol. The van der Waals surface area contributed by atoms with Crippen LogP contribution in [-0.4, -0.2) is 140 Å². The standard InChI is InChI=1S/C50H91NO13/c1-3-5-7-8-9-10-11-12-13-14-15-16-17-18-19-20-21-22-23-24-25-26-27-28-29-30-32-34-42(55)51-38(39(54)33-31-6-4-2)37-61-49-47(60)45(58)48(41(36-53)63-49)64-50-46(59)44(57)43(56)40(35-52)62-50/h11-12,14-15,17-18,38-41,43-50,52-54,56-60H,3-10,13,16,19-37H2,1-2H3,(H,51,55)/b12-11-,15-14-,18-17-. The van der Waals surface area contributed by atoms with Gasteiger partial charge >= 0.3 is 0 Å². The lowest BCUT2D eigenvalue weighted by atomic mass is 9.97. The molecule has 2 aliphatic rings. The average Bonchev–Trinajstić information content (AvgIpc) is 3.29. The minimum absolute atomic E-state index is 0.222. The van der Waals surface area contributed by atoms with Crippen LogP contribution in [0, 0.1) is 0 Å². The molecular weight excluding hydrogens is 823 g/mol. The molecule has 14 nitrogen and oxygen atoms in total. The Hall–Kier alpha value is -1.79. The molecule has 2 fully saturated rings. The number of amides is 1. The maximum absolute atomic E-state index is 13.0. The second kappa shape index (κ2) is 37.2. The quantitative estimate of drug-likeness (QED) is 0.0244. The summed E-state index contributed by atoms with van der Waals surface area (Å²) in [6, 6.07) is -0.824. The van der Waals surface area contributed by atoms with Gasteiger partial charge in [0.15, 0.2) is 12.6 Å². The number of nitrogens with one attached hydrogen (secondary N) is 1. The summed E-state index contributed by atoms with van der Waals surface area (Å²) in [6.45, 7) is 2.65. The largest absolute Gasteiger partial charge is 0.394 e. The molecule has 64 heavy (non-hydrogen) atoms. The summed E-state index contributed by atoms with van der Waals surface area (Å²) in [7, 11) is 0. The smallest absolute Gasteiger partial charge is 0.220 e. The number of aliphatic hydroxyl groups excluding tert-OH is 8. The molecule has 2 saturated heterocycles. The first-order valence-corrected chi connectivity index (χ1v) is 25.2. The molecule has 374 valence electrons. The highest BCUT2D eigenvalue weighted by atomic mass is 16.7. The minimum Gasteiger partial charge on any atom is -0.394 e. The molecule has 2 heterocycles. The highest BCUT2D eigenvalue weighted by Gasteiger charge is 2.51. The van der Waals surface area contributed by atoms with E-state index in [4.69, 9.17) is 18.9 Å². The van der Waals surface area contributed by atoms with Crippen molar-refractivity contribution in [2.45, 2.75) is 254 Å². The highest BCUT2D eigenvalue weighted by molar-refractivity contribution is 5.76. The zero-order valence-corrected chi connectivity index (χ0v) is 39.5. The van der Waals surface area contributed by atoms with E-state index in [9.17, 15) is 45.6 Å². The van der Waals surface area contributed by atoms with Crippen LogP contribution < -0.4 is 5.32 Å². The maximum atomic E-state index is 13.0. The van der Waals surface area contributed by atoms with Crippen molar-refractivity contribution < 1.29 is 64.6 Å². The van der Waals surface area contributed by atoms with Gasteiger partial charge in [-0.1, -0.05) is 159 Å². The highest BCUT2D eigenvalue weighted by Crippen LogP contribution is 2.30. The number of rotatable bonds is 38. The Morgan fingerprint density at radius 3 is 1.58 bits per heavy atom. The minimum atomic E-state index is -1.78. The molecule has 0 aromatic heterocycles. The zero-order chi connectivity index (χ0) is 46.8. The predicted molar refractivity (Wildman–Crippen MR) is 249 cm³/mol. The molecule has 0 aromatic carbocycles. The molecule has 9 N–H and O–H groups in total. The van der Waals surface area contributed by atoms with Crippen LogP contribution in [-0.2, 0) is 23.7 Å². The van der Waals surface area contributed by atoms with E-state index >= 15 is 0 Å². The summed E-state index contributed by atoms with van der Waals surface area (Å²) < 4.78 is 22.5. The first kappa shape index (κ1) is 58.3. The fraction of sp³-hybridized carbons (Fsp3) is 0.860. The van der Waals surface area contributed by atoms with Gasteiger partial charge in [0.2, 0.25) is 5.91 Å². The Kier molecular flexibility index (Phi) is 33.9. The third-order valence-electron chi connectivity index (χ3n) is 12.4. The first-order valence-electron chi connectivity index (χ1n) is 25.2. The molecule has 1 amide bonds. The Morgan fingerprint density at radius 2 is 1.03 bits per heavy atom. The summed E-state index contributed by atoms with van der Waals surface area (Å²) >= 11 is 0. The Bertz CT molecular complexity index is 1220. The lowest BCUT2D eigenvalue weighted by Crippen LogP contribution is -2.65. The summed E-state index contributed by atoms with van der Waals surface area (Å²) in [5, 5.41) is 86.0. The molecule has 0 aromatic rings. The van der Waals surface area contributed by atoms with Gasteiger partial charge in [0.25, 0.3) is 0 Å². The number of carbonyl (C=O) groups is 1. The number of hydrogen-bond acceptors (Lipinski definition) is 13. The van der Waals surface area contributed by atoms with Gasteiger partial charge in [-0.15, -0.1) is 0 Å². The normalized spacial score (nSPS) is 27.5. The molecule has 0 spiro atoms. The van der Waals surface area contributed by atoms with Gasteiger partial charge in [0.1, 0.15) is 48.8 Å². The van der Waals surface area contributed by atoms with Gasteiger partial charge in [0, 0.05) is 6.42 Å². The van der Waals surface area contributed by atoms with E-state index in [1.807, 2.05) is 6.92 Å². The average molecular weight is 914 g/mol. The summed E-state index contributed by atoms with van der Waals surface area (Å²) in [6.07, 6.45) is 25.6. The van der Waals surface area contributed by atoms with Crippen molar-refractivity contribution >= 4 is 5.91 Å². The summed E-state index contributed by atoms with van der Waals surface area (Å²) in [4.78, 5) is 13.0. The zero-order valence-electron chi connectivity index (χ0n) is 39.5. The number of hydrogen-bond donors (Lipinski definition) is 9. The number of unbranched alkanes of at least 4 members (excludes halogenated alkanes) is 19. The van der Waals surface area contributed by atoms with Crippen LogP contribution in [0.1, 0.15) is 181 Å². The van der Waals surface area contributed by atoms with Crippen molar-refractivity contribution in [1.82, 2.24) is 5.32 Å². The van der Waals surface area contributed by atoms with E-state index < -0.39 is 86.8 Å².